The maximum Gasteiger partial charge on any atom is 0.294 e. The van der Waals surface area contributed by atoms with Crippen molar-refractivity contribution in [3.05, 3.63) is 54.6 Å². The summed E-state index contributed by atoms with van der Waals surface area (Å²) >= 11 is 0. The molecule has 0 saturated heterocycles. The van der Waals surface area contributed by atoms with Crippen LogP contribution in [-0.4, -0.2) is 31.0 Å². The molecule has 0 aliphatic rings. The molecule has 0 amide bonds. The van der Waals surface area contributed by atoms with Gasteiger partial charge in [-0.15, -0.1) is 0 Å². The highest BCUT2D eigenvalue weighted by Crippen LogP contribution is 2.13. The molecule has 2 rings (SSSR count). The van der Waals surface area contributed by atoms with Crippen molar-refractivity contribution in [2.75, 3.05) is 0 Å². The second-order valence-corrected chi connectivity index (χ2v) is 6.60. The highest BCUT2D eigenvalue weighted by Gasteiger charge is 2.07. The molecule has 9 heteroatoms. The maximum atomic E-state index is 10.4. The van der Waals surface area contributed by atoms with Gasteiger partial charge < -0.3 is 5.11 Å². The van der Waals surface area contributed by atoms with Crippen LogP contribution in [0, 0.1) is 0 Å². The van der Waals surface area contributed by atoms with E-state index in [1.165, 1.54) is 24.3 Å². The Morgan fingerprint density at radius 3 is 1.33 bits per heavy atom. The summed E-state index contributed by atoms with van der Waals surface area (Å²) in [5, 5.41) is 8.75. The summed E-state index contributed by atoms with van der Waals surface area (Å²) in [6.07, 6.45) is 0. The van der Waals surface area contributed by atoms with Gasteiger partial charge in [0.15, 0.2) is 0 Å². The number of phenols is 1. The Bertz CT molecular complexity index is 779. The van der Waals surface area contributed by atoms with Crippen LogP contribution in [0.3, 0.4) is 0 Å². The number of aromatic hydroxyl groups is 1. The van der Waals surface area contributed by atoms with Gasteiger partial charge in [0.05, 0.1) is 9.79 Å². The van der Waals surface area contributed by atoms with E-state index in [1.54, 1.807) is 18.2 Å². The molecule has 0 unspecified atom stereocenters. The van der Waals surface area contributed by atoms with Crippen LogP contribution in [0.4, 0.5) is 0 Å². The van der Waals surface area contributed by atoms with Crippen molar-refractivity contribution in [3.8, 4) is 5.75 Å². The molecule has 2 aromatic rings. The monoisotopic (exact) mass is 332 g/mol. The van der Waals surface area contributed by atoms with Crippen LogP contribution in [0.2, 0.25) is 0 Å². The summed E-state index contributed by atoms with van der Waals surface area (Å²) in [7, 11) is -8.13. The fourth-order valence-corrected chi connectivity index (χ4v) is 2.19. The molecule has 0 aliphatic carbocycles. The number of rotatable bonds is 2. The topological polar surface area (TPSA) is 129 Å². The lowest BCUT2D eigenvalue weighted by molar-refractivity contribution is 0.472. The fraction of sp³-hybridized carbons (Fsp3) is 0. The second kappa shape index (κ2) is 6.68. The Labute approximate surface area is 122 Å². The molecule has 21 heavy (non-hydrogen) atoms. The van der Waals surface area contributed by atoms with E-state index < -0.39 is 20.2 Å². The van der Waals surface area contributed by atoms with Crippen LogP contribution >= 0.6 is 0 Å². The minimum absolute atomic E-state index is 0.0441. The molecule has 3 N–H and O–H groups in total. The van der Waals surface area contributed by atoms with E-state index >= 15 is 0 Å². The highest BCUT2D eigenvalue weighted by molar-refractivity contribution is 7.86. The molecule has 114 valence electrons. The minimum atomic E-state index is -4.13. The van der Waals surface area contributed by atoms with Gasteiger partial charge in [-0.05, 0) is 36.4 Å². The summed E-state index contributed by atoms with van der Waals surface area (Å²) in [4.78, 5) is -0.301. The molecular formula is C12H12O7S2. The van der Waals surface area contributed by atoms with Gasteiger partial charge in [-0.3, -0.25) is 9.11 Å². The van der Waals surface area contributed by atoms with E-state index in [0.29, 0.717) is 0 Å². The summed E-state index contributed by atoms with van der Waals surface area (Å²) in [5.74, 6) is -0.0441. The van der Waals surface area contributed by atoms with Crippen molar-refractivity contribution in [1.29, 1.82) is 0 Å². The number of hydrogen-bond acceptors (Lipinski definition) is 5. The largest absolute Gasteiger partial charge is 0.508 e. The first-order valence-corrected chi connectivity index (χ1v) is 8.28. The van der Waals surface area contributed by atoms with E-state index in [2.05, 4.69) is 0 Å². The zero-order valence-electron chi connectivity index (χ0n) is 10.5. The molecule has 0 aromatic heterocycles. The lowest BCUT2D eigenvalue weighted by Crippen LogP contribution is -1.96. The smallest absolute Gasteiger partial charge is 0.294 e. The summed E-state index contributed by atoms with van der Waals surface area (Å²) < 4.78 is 58.5. The number of benzene rings is 2. The van der Waals surface area contributed by atoms with Crippen LogP contribution in [0.15, 0.2) is 64.4 Å². The first-order valence-electron chi connectivity index (χ1n) is 5.40. The average Bonchev–Trinajstić information content (AvgIpc) is 2.39. The van der Waals surface area contributed by atoms with Gasteiger partial charge in [0.1, 0.15) is 5.75 Å². The van der Waals surface area contributed by atoms with Gasteiger partial charge in [-0.1, -0.05) is 18.2 Å². The molecule has 0 aliphatic heterocycles. The predicted molar refractivity (Wildman–Crippen MR) is 74.2 cm³/mol. The molecule has 0 heterocycles. The van der Waals surface area contributed by atoms with Crippen molar-refractivity contribution in [1.82, 2.24) is 0 Å². The first kappa shape index (κ1) is 17.1. The average molecular weight is 332 g/mol. The molecule has 0 spiro atoms. The predicted octanol–water partition coefficient (Wildman–Crippen LogP) is 1.57. The van der Waals surface area contributed by atoms with E-state index in [0.717, 1.165) is 12.1 Å². The molecule has 0 atom stereocenters. The second-order valence-electron chi connectivity index (χ2n) is 3.76. The third-order valence-electron chi connectivity index (χ3n) is 2.18. The van der Waals surface area contributed by atoms with E-state index in [1.807, 2.05) is 0 Å². The molecular weight excluding hydrogens is 320 g/mol. The maximum absolute atomic E-state index is 10.4. The Balaban J connectivity index is 0.000000211. The lowest BCUT2D eigenvalue weighted by Gasteiger charge is -1.94. The highest BCUT2D eigenvalue weighted by atomic mass is 32.2. The molecule has 0 radical (unpaired) electrons. The number of phenolic OH excluding ortho intramolecular Hbond substituents is 1. The van der Waals surface area contributed by atoms with Crippen molar-refractivity contribution in [2.45, 2.75) is 9.79 Å². The quantitative estimate of drug-likeness (QED) is 0.712. The fourth-order valence-electron chi connectivity index (χ4n) is 1.21. The van der Waals surface area contributed by atoms with Gasteiger partial charge in [0, 0.05) is 0 Å². The van der Waals surface area contributed by atoms with Gasteiger partial charge in [-0.25, -0.2) is 0 Å². The zero-order valence-corrected chi connectivity index (χ0v) is 12.1. The van der Waals surface area contributed by atoms with Crippen LogP contribution in [0.1, 0.15) is 0 Å². The molecule has 7 nitrogen and oxygen atoms in total. The first-order chi connectivity index (χ1) is 9.60. The molecule has 0 bridgehead atoms. The van der Waals surface area contributed by atoms with Crippen molar-refractivity contribution in [2.24, 2.45) is 0 Å². The summed E-state index contributed by atoms with van der Waals surface area (Å²) in [5.41, 5.74) is 0. The van der Waals surface area contributed by atoms with E-state index in [-0.39, 0.29) is 15.5 Å². The van der Waals surface area contributed by atoms with Gasteiger partial charge in [0.25, 0.3) is 20.2 Å². The normalized spacial score (nSPS) is 11.3. The summed E-state index contributed by atoms with van der Waals surface area (Å²) in [6, 6.07) is 12.0. The van der Waals surface area contributed by atoms with Gasteiger partial charge in [0.2, 0.25) is 0 Å². The third-order valence-corrected chi connectivity index (χ3v) is 3.91. The van der Waals surface area contributed by atoms with Crippen molar-refractivity contribution in [3.63, 3.8) is 0 Å². The Kier molecular flexibility index (Phi) is 5.44. The molecule has 2 aromatic carbocycles. The van der Waals surface area contributed by atoms with Gasteiger partial charge in [-0.2, -0.15) is 16.8 Å². The molecule has 0 saturated carbocycles. The van der Waals surface area contributed by atoms with Gasteiger partial charge >= 0.3 is 0 Å². The van der Waals surface area contributed by atoms with E-state index in [4.69, 9.17) is 14.2 Å². The Morgan fingerprint density at radius 2 is 1.00 bits per heavy atom. The Hall–Kier alpha value is -1.94. The van der Waals surface area contributed by atoms with Crippen LogP contribution in [-0.2, 0) is 20.2 Å². The number of hydrogen-bond donors (Lipinski definition) is 3. The summed E-state index contributed by atoms with van der Waals surface area (Å²) in [6.45, 7) is 0. The van der Waals surface area contributed by atoms with Crippen LogP contribution in [0.5, 0.6) is 5.75 Å². The SMILES string of the molecule is O=S(=O)(O)c1ccc(O)cc1.O=S(=O)(O)c1ccccc1. The van der Waals surface area contributed by atoms with Crippen molar-refractivity contribution < 1.29 is 31.0 Å². The molecule has 0 fully saturated rings. The standard InChI is InChI=1S/C6H6O4S.C6H6O3S/c7-5-1-3-6(4-2-5)11(8,9)10;7-10(8,9)6-4-2-1-3-5-6/h1-4,7H,(H,8,9,10);1-5H,(H,7,8,9). The van der Waals surface area contributed by atoms with E-state index in [9.17, 15) is 16.8 Å². The van der Waals surface area contributed by atoms with Crippen LogP contribution in [0.25, 0.3) is 0 Å². The van der Waals surface area contributed by atoms with Crippen molar-refractivity contribution >= 4 is 20.2 Å². The Morgan fingerprint density at radius 1 is 0.619 bits per heavy atom. The van der Waals surface area contributed by atoms with Crippen LogP contribution < -0.4 is 0 Å². The third kappa shape index (κ3) is 5.92. The zero-order chi connectivity index (χ0) is 16.1. The minimum Gasteiger partial charge on any atom is -0.508 e. The lowest BCUT2D eigenvalue weighted by atomic mass is 10.3.